The second kappa shape index (κ2) is 5.83. The molecule has 0 bridgehead atoms. The maximum atomic E-state index is 3.19. The standard InChI is InChI=1S/C17H21N/c1-13-7-8-16(9-14(13)2)10-15-5-4-6-17(11-15)12-18-3/h4-9,11,18H,10,12H2,1-3H3. The Balaban J connectivity index is 2.17. The predicted molar refractivity (Wildman–Crippen MR) is 77.9 cm³/mol. The molecule has 0 aromatic heterocycles. The smallest absolute Gasteiger partial charge is 0.0202 e. The molecule has 0 atom stereocenters. The van der Waals surface area contributed by atoms with Crippen LogP contribution >= 0.6 is 0 Å². The van der Waals surface area contributed by atoms with E-state index in [-0.39, 0.29) is 0 Å². The normalized spacial score (nSPS) is 10.6. The second-order valence-corrected chi connectivity index (χ2v) is 4.95. The highest BCUT2D eigenvalue weighted by Crippen LogP contribution is 2.15. The summed E-state index contributed by atoms with van der Waals surface area (Å²) < 4.78 is 0. The minimum Gasteiger partial charge on any atom is -0.316 e. The van der Waals surface area contributed by atoms with Crippen molar-refractivity contribution in [2.45, 2.75) is 26.8 Å². The topological polar surface area (TPSA) is 12.0 Å². The van der Waals surface area contributed by atoms with Crippen molar-refractivity contribution >= 4 is 0 Å². The van der Waals surface area contributed by atoms with Crippen LogP contribution < -0.4 is 5.32 Å². The summed E-state index contributed by atoms with van der Waals surface area (Å²) in [6.45, 7) is 5.27. The third-order valence-electron chi connectivity index (χ3n) is 3.35. The average molecular weight is 239 g/mol. The lowest BCUT2D eigenvalue weighted by molar-refractivity contribution is 0.816. The molecule has 1 nitrogen and oxygen atoms in total. The first-order valence-corrected chi connectivity index (χ1v) is 6.47. The molecular formula is C17H21N. The molecule has 18 heavy (non-hydrogen) atoms. The predicted octanol–water partition coefficient (Wildman–Crippen LogP) is 3.61. The Morgan fingerprint density at radius 1 is 0.833 bits per heavy atom. The van der Waals surface area contributed by atoms with Crippen molar-refractivity contribution in [3.63, 3.8) is 0 Å². The highest BCUT2D eigenvalue weighted by atomic mass is 14.8. The van der Waals surface area contributed by atoms with Gasteiger partial charge in [0.15, 0.2) is 0 Å². The van der Waals surface area contributed by atoms with Gasteiger partial charge in [0.25, 0.3) is 0 Å². The Hall–Kier alpha value is -1.60. The highest BCUT2D eigenvalue weighted by Gasteiger charge is 2.00. The summed E-state index contributed by atoms with van der Waals surface area (Å²) >= 11 is 0. The summed E-state index contributed by atoms with van der Waals surface area (Å²) in [5.41, 5.74) is 6.85. The van der Waals surface area contributed by atoms with E-state index in [1.165, 1.54) is 27.8 Å². The van der Waals surface area contributed by atoms with E-state index in [4.69, 9.17) is 0 Å². The van der Waals surface area contributed by atoms with E-state index in [9.17, 15) is 0 Å². The Labute approximate surface area is 110 Å². The van der Waals surface area contributed by atoms with Crippen LogP contribution in [0.15, 0.2) is 42.5 Å². The second-order valence-electron chi connectivity index (χ2n) is 4.95. The van der Waals surface area contributed by atoms with Crippen LogP contribution in [0.2, 0.25) is 0 Å². The quantitative estimate of drug-likeness (QED) is 0.859. The van der Waals surface area contributed by atoms with Crippen LogP contribution in [0.3, 0.4) is 0 Å². The van der Waals surface area contributed by atoms with Crippen molar-refractivity contribution in [3.8, 4) is 0 Å². The van der Waals surface area contributed by atoms with Crippen molar-refractivity contribution in [1.29, 1.82) is 0 Å². The van der Waals surface area contributed by atoms with E-state index in [2.05, 4.69) is 61.6 Å². The zero-order valence-electron chi connectivity index (χ0n) is 11.5. The third-order valence-corrected chi connectivity index (χ3v) is 3.35. The summed E-state index contributed by atoms with van der Waals surface area (Å²) in [5.74, 6) is 0. The molecule has 0 radical (unpaired) electrons. The maximum Gasteiger partial charge on any atom is 0.0202 e. The molecular weight excluding hydrogens is 218 g/mol. The minimum atomic E-state index is 0.931. The average Bonchev–Trinajstić information content (AvgIpc) is 2.35. The number of rotatable bonds is 4. The van der Waals surface area contributed by atoms with Gasteiger partial charge in [0.1, 0.15) is 0 Å². The number of nitrogens with one attached hydrogen (secondary N) is 1. The number of aryl methyl sites for hydroxylation is 2. The van der Waals surface area contributed by atoms with Crippen LogP contribution in [-0.2, 0) is 13.0 Å². The first kappa shape index (κ1) is 12.8. The Kier molecular flexibility index (Phi) is 4.16. The third kappa shape index (κ3) is 3.21. The fourth-order valence-electron chi connectivity index (χ4n) is 2.20. The lowest BCUT2D eigenvalue weighted by Gasteiger charge is -2.07. The summed E-state index contributed by atoms with van der Waals surface area (Å²) in [6, 6.07) is 15.5. The van der Waals surface area contributed by atoms with Crippen molar-refractivity contribution in [2.24, 2.45) is 0 Å². The summed E-state index contributed by atoms with van der Waals surface area (Å²) in [6.07, 6.45) is 1.01. The van der Waals surface area contributed by atoms with Crippen LogP contribution in [-0.4, -0.2) is 7.05 Å². The molecule has 0 aliphatic carbocycles. The van der Waals surface area contributed by atoms with E-state index in [1.807, 2.05) is 7.05 Å². The van der Waals surface area contributed by atoms with E-state index in [1.54, 1.807) is 0 Å². The van der Waals surface area contributed by atoms with Crippen molar-refractivity contribution in [2.75, 3.05) is 7.05 Å². The molecule has 0 heterocycles. The molecule has 0 spiro atoms. The Morgan fingerprint density at radius 2 is 1.56 bits per heavy atom. The van der Waals surface area contributed by atoms with Gasteiger partial charge < -0.3 is 5.32 Å². The van der Waals surface area contributed by atoms with E-state index >= 15 is 0 Å². The largest absolute Gasteiger partial charge is 0.316 e. The summed E-state index contributed by atoms with van der Waals surface area (Å²) in [5, 5.41) is 3.19. The zero-order chi connectivity index (χ0) is 13.0. The van der Waals surface area contributed by atoms with Gasteiger partial charge in [-0.3, -0.25) is 0 Å². The van der Waals surface area contributed by atoms with Crippen molar-refractivity contribution in [1.82, 2.24) is 5.32 Å². The molecule has 1 heteroatoms. The maximum absolute atomic E-state index is 3.19. The Morgan fingerprint density at radius 3 is 2.28 bits per heavy atom. The van der Waals surface area contributed by atoms with Crippen LogP contribution in [0.1, 0.15) is 27.8 Å². The highest BCUT2D eigenvalue weighted by molar-refractivity contribution is 5.34. The van der Waals surface area contributed by atoms with Gasteiger partial charge in [-0.2, -0.15) is 0 Å². The van der Waals surface area contributed by atoms with Gasteiger partial charge in [0.2, 0.25) is 0 Å². The molecule has 94 valence electrons. The summed E-state index contributed by atoms with van der Waals surface area (Å²) in [7, 11) is 1.98. The number of benzene rings is 2. The lowest BCUT2D eigenvalue weighted by atomic mass is 9.99. The zero-order valence-corrected chi connectivity index (χ0v) is 11.5. The molecule has 1 N–H and O–H groups in total. The van der Waals surface area contributed by atoms with Gasteiger partial charge in [-0.25, -0.2) is 0 Å². The van der Waals surface area contributed by atoms with Gasteiger partial charge in [0.05, 0.1) is 0 Å². The molecule has 0 aliphatic heterocycles. The van der Waals surface area contributed by atoms with E-state index in [0.29, 0.717) is 0 Å². The molecule has 0 amide bonds. The summed E-state index contributed by atoms with van der Waals surface area (Å²) in [4.78, 5) is 0. The van der Waals surface area contributed by atoms with Gasteiger partial charge >= 0.3 is 0 Å². The number of hydrogen-bond acceptors (Lipinski definition) is 1. The molecule has 2 aromatic carbocycles. The van der Waals surface area contributed by atoms with Crippen LogP contribution in [0.5, 0.6) is 0 Å². The van der Waals surface area contributed by atoms with Crippen LogP contribution in [0.4, 0.5) is 0 Å². The lowest BCUT2D eigenvalue weighted by Crippen LogP contribution is -2.05. The molecule has 0 saturated heterocycles. The van der Waals surface area contributed by atoms with Crippen molar-refractivity contribution < 1.29 is 0 Å². The monoisotopic (exact) mass is 239 g/mol. The molecule has 2 aromatic rings. The molecule has 0 fully saturated rings. The van der Waals surface area contributed by atoms with Crippen LogP contribution in [0.25, 0.3) is 0 Å². The van der Waals surface area contributed by atoms with Gasteiger partial charge in [0, 0.05) is 6.54 Å². The molecule has 0 aliphatic rings. The first-order chi connectivity index (χ1) is 8.69. The minimum absolute atomic E-state index is 0.931. The van der Waals surface area contributed by atoms with E-state index < -0.39 is 0 Å². The fraction of sp³-hybridized carbons (Fsp3) is 0.294. The van der Waals surface area contributed by atoms with Crippen LogP contribution in [0, 0.1) is 13.8 Å². The van der Waals surface area contributed by atoms with Crippen molar-refractivity contribution in [3.05, 3.63) is 70.3 Å². The van der Waals surface area contributed by atoms with Gasteiger partial charge in [-0.05, 0) is 55.1 Å². The van der Waals surface area contributed by atoms with E-state index in [0.717, 1.165) is 13.0 Å². The molecule has 2 rings (SSSR count). The Bertz CT molecular complexity index is 529. The molecule has 0 unspecified atom stereocenters. The molecule has 0 saturated carbocycles. The van der Waals surface area contributed by atoms with Gasteiger partial charge in [-0.15, -0.1) is 0 Å². The SMILES string of the molecule is CNCc1cccc(Cc2ccc(C)c(C)c2)c1. The van der Waals surface area contributed by atoms with Gasteiger partial charge in [-0.1, -0.05) is 42.5 Å². The number of hydrogen-bond donors (Lipinski definition) is 1. The fourth-order valence-corrected chi connectivity index (χ4v) is 2.20. The first-order valence-electron chi connectivity index (χ1n) is 6.47.